The molecule has 10 N–H and O–H groups in total. The number of ether oxygens (including phenoxy) is 5. The summed E-state index contributed by atoms with van der Waals surface area (Å²) in [5.74, 6) is 2.05. The summed E-state index contributed by atoms with van der Waals surface area (Å²) in [4.78, 5) is 84.9. The van der Waals surface area contributed by atoms with Gasteiger partial charge in [-0.1, -0.05) is 17.7 Å². The van der Waals surface area contributed by atoms with Gasteiger partial charge in [0, 0.05) is 67.2 Å². The number of carbonyl (C=O) groups excluding carboxylic acids is 2. The number of hydrazone groups is 1. The molecule has 0 aliphatic rings. The summed E-state index contributed by atoms with van der Waals surface area (Å²) < 4.78 is 58.1. The number of nitriles is 1. The summed E-state index contributed by atoms with van der Waals surface area (Å²) in [6.07, 6.45) is 10.9. The molecule has 0 spiro atoms. The van der Waals surface area contributed by atoms with Crippen molar-refractivity contribution in [3.05, 3.63) is 122 Å². The molecular weight excluding hydrogens is 1170 g/mol. The average Bonchev–Trinajstić information content (AvgIpc) is 1.50. The maximum absolute atomic E-state index is 15.5. The summed E-state index contributed by atoms with van der Waals surface area (Å²) in [5.41, 5.74) is 10.0. The Labute approximate surface area is 509 Å². The number of carboxylic acids is 1. The van der Waals surface area contributed by atoms with Crippen LogP contribution < -0.4 is 37.8 Å². The van der Waals surface area contributed by atoms with E-state index in [1.165, 1.54) is 42.7 Å². The monoisotopic (exact) mass is 1230 g/mol. The van der Waals surface area contributed by atoms with Crippen LogP contribution in [0.2, 0.25) is 5.02 Å². The number of nitrogen functional groups attached to an aromatic ring is 1. The summed E-state index contributed by atoms with van der Waals surface area (Å²) in [5, 5.41) is 31.7. The van der Waals surface area contributed by atoms with Crippen molar-refractivity contribution in [2.45, 2.75) is 83.7 Å². The number of pyridine rings is 3. The van der Waals surface area contributed by atoms with Gasteiger partial charge in [0.25, 0.3) is 11.5 Å². The second-order valence-electron chi connectivity index (χ2n) is 20.0. The molecule has 26 nitrogen and oxygen atoms in total. The van der Waals surface area contributed by atoms with Crippen molar-refractivity contribution < 1.29 is 52.0 Å². The minimum atomic E-state index is -1.30. The van der Waals surface area contributed by atoms with Crippen molar-refractivity contribution in [1.29, 1.82) is 5.26 Å². The normalized spacial score (nSPS) is 12.3. The van der Waals surface area contributed by atoms with E-state index in [1.54, 1.807) is 38.4 Å². The van der Waals surface area contributed by atoms with Gasteiger partial charge >= 0.3 is 12.0 Å². The number of aliphatic carboxylic acids is 1. The highest BCUT2D eigenvalue weighted by atomic mass is 35.5. The number of anilines is 2. The number of carboxylic acid groups (broad SMARTS) is 1. The molecule has 0 bridgehead atoms. The molecule has 2 atom stereocenters. The molecule has 0 unspecified atom stereocenters. The van der Waals surface area contributed by atoms with Gasteiger partial charge in [0.2, 0.25) is 11.9 Å². The highest BCUT2D eigenvalue weighted by molar-refractivity contribution is 6.35. The first-order chi connectivity index (χ1) is 42.6. The number of nitrogens with two attached hydrogens (primary N) is 2. The zero-order valence-corrected chi connectivity index (χ0v) is 49.3. The number of aromatic amines is 2. The Hall–Kier alpha value is -9.14. The van der Waals surface area contributed by atoms with Gasteiger partial charge in [-0.05, 0) is 101 Å². The van der Waals surface area contributed by atoms with E-state index in [0.717, 1.165) is 36.9 Å². The standard InChI is InChI=1S/C59H69ClF2N16O10/c1-35(42-26-38(29-63)10-12-44(42)61)72-53-50(60)36(2)71-48-28-45(62)51(75-52(48)53)39-31-69-59(70-32-39)88-18-7-3-6-16-66-33-41(78-65)34-87-25-24-86-23-22-85-21-20-84-19-17-67-49(79)15-14-47(57(82)83)74-56(81)46-13-11-37(30-68-46)8-4-5-9-40-27-43-54(73-40)76-58(64)77-55(43)80/h10-13,26-28,30-33,35,47H,3-9,14-25,34,65H2,1-2H3,(H,67,79)(H,71,72)(H,74,81)(H,82,83)(H4,64,73,76,77,80)/b66-33?,78-41+/t35-,47+/m1/s1. The number of nitrogens with zero attached hydrogens (tertiary/aromatic N) is 9. The summed E-state index contributed by atoms with van der Waals surface area (Å²) in [6.45, 7) is 6.63. The summed E-state index contributed by atoms with van der Waals surface area (Å²) in [6, 6.07) is 10.5. The highest BCUT2D eigenvalue weighted by Crippen LogP contribution is 2.36. The van der Waals surface area contributed by atoms with Crippen molar-refractivity contribution in [3.63, 3.8) is 0 Å². The second kappa shape index (κ2) is 34.3. The Morgan fingerprint density at radius 1 is 0.864 bits per heavy atom. The minimum Gasteiger partial charge on any atom is -0.480 e. The Bertz CT molecular complexity index is 3640. The van der Waals surface area contributed by atoms with Crippen LogP contribution in [0.1, 0.15) is 96.5 Å². The van der Waals surface area contributed by atoms with E-state index in [0.29, 0.717) is 99.1 Å². The van der Waals surface area contributed by atoms with Crippen LogP contribution in [0.15, 0.2) is 75.9 Å². The molecule has 0 fully saturated rings. The summed E-state index contributed by atoms with van der Waals surface area (Å²) in [7, 11) is 0. The SMILES string of the molecule is Cc1nc2cc(F)c(-c3cnc(OCCCCCN=C/C(COCCOCCOCCOCCNC(=O)CC[C@H](NC(=O)c4ccc(CCCCc5cc6c(=O)[nH]c(N)nc6[nH]5)cn4)C(=O)O)=N\N)nc3)nc2c(N[C@H](C)c2cc(C#N)ccc2F)c1Cl. The molecule has 0 aliphatic carbocycles. The predicted molar refractivity (Wildman–Crippen MR) is 324 cm³/mol. The first kappa shape index (κ1) is 66.4. The molecule has 466 valence electrons. The maximum atomic E-state index is 15.5. The van der Waals surface area contributed by atoms with Gasteiger partial charge in [0.1, 0.15) is 40.1 Å². The third kappa shape index (κ3) is 20.2. The van der Waals surface area contributed by atoms with E-state index in [4.69, 9.17) is 46.9 Å². The lowest BCUT2D eigenvalue weighted by molar-refractivity contribution is -0.139. The number of benzene rings is 1. The van der Waals surface area contributed by atoms with Crippen molar-refractivity contribution in [1.82, 2.24) is 50.5 Å². The lowest BCUT2D eigenvalue weighted by atomic mass is 10.0. The zero-order chi connectivity index (χ0) is 62.8. The number of halogens is 3. The number of carbonyl (C=O) groups is 3. The van der Waals surface area contributed by atoms with E-state index in [9.17, 15) is 33.9 Å². The highest BCUT2D eigenvalue weighted by Gasteiger charge is 2.24. The number of hydrogen-bond donors (Lipinski definition) is 8. The molecule has 6 aromatic heterocycles. The molecule has 0 radical (unpaired) electrons. The Morgan fingerprint density at radius 3 is 2.32 bits per heavy atom. The number of hydrogen-bond acceptors (Lipinski definition) is 21. The van der Waals surface area contributed by atoms with Gasteiger partial charge in [-0.25, -0.2) is 33.5 Å². The average molecular weight is 1240 g/mol. The number of amides is 2. The van der Waals surface area contributed by atoms with Crippen LogP contribution in [0.3, 0.4) is 0 Å². The van der Waals surface area contributed by atoms with Gasteiger partial charge in [-0.2, -0.15) is 15.3 Å². The topological polar surface area (TPSA) is 380 Å². The number of aromatic nitrogens is 8. The minimum absolute atomic E-state index is 0.0447. The van der Waals surface area contributed by atoms with Crippen LogP contribution >= 0.6 is 11.6 Å². The van der Waals surface area contributed by atoms with Gasteiger partial charge < -0.3 is 61.3 Å². The number of unbranched alkanes of at least 4 members (excludes halogenated alkanes) is 3. The van der Waals surface area contributed by atoms with Crippen LogP contribution in [0.5, 0.6) is 6.01 Å². The summed E-state index contributed by atoms with van der Waals surface area (Å²) >= 11 is 6.67. The molecular formula is C59H69ClF2N16O10. The molecule has 29 heteroatoms. The molecule has 2 amide bonds. The Kier molecular flexibility index (Phi) is 25.8. The van der Waals surface area contributed by atoms with Crippen molar-refractivity contribution in [3.8, 4) is 23.3 Å². The fourth-order valence-electron chi connectivity index (χ4n) is 8.80. The van der Waals surface area contributed by atoms with Crippen molar-refractivity contribution in [2.75, 3.05) is 83.6 Å². The number of aliphatic imine (C=N–C) groups is 1. The molecule has 1 aromatic carbocycles. The van der Waals surface area contributed by atoms with Crippen LogP contribution in [-0.4, -0.2) is 153 Å². The number of rotatable bonds is 37. The second-order valence-corrected chi connectivity index (χ2v) is 20.4. The third-order valence-corrected chi connectivity index (χ3v) is 13.9. The number of H-pyrrole nitrogens is 2. The van der Waals surface area contributed by atoms with Gasteiger partial charge in [0.15, 0.2) is 5.82 Å². The lowest BCUT2D eigenvalue weighted by Gasteiger charge is -2.20. The molecule has 0 aliphatic heterocycles. The van der Waals surface area contributed by atoms with Crippen molar-refractivity contribution in [2.24, 2.45) is 15.9 Å². The molecule has 0 saturated heterocycles. The van der Waals surface area contributed by atoms with Gasteiger partial charge in [-0.3, -0.25) is 29.3 Å². The first-order valence-electron chi connectivity index (χ1n) is 28.4. The fraction of sp³-hybridized carbons (Fsp3) is 0.407. The largest absolute Gasteiger partial charge is 0.480 e. The maximum Gasteiger partial charge on any atom is 0.326 e. The van der Waals surface area contributed by atoms with Crippen molar-refractivity contribution >= 4 is 75.0 Å². The molecule has 7 rings (SSSR count). The Morgan fingerprint density at radius 2 is 1.60 bits per heavy atom. The van der Waals surface area contributed by atoms with Gasteiger partial charge in [0.05, 0.1) is 104 Å². The van der Waals surface area contributed by atoms with E-state index in [-0.39, 0.29) is 95.3 Å². The molecule has 7 aromatic rings. The van der Waals surface area contributed by atoms with Crippen LogP contribution in [0.25, 0.3) is 33.3 Å². The number of fused-ring (bicyclic) bond motifs is 2. The van der Waals surface area contributed by atoms with E-state index in [1.807, 2.05) is 6.07 Å². The predicted octanol–water partition coefficient (Wildman–Crippen LogP) is 6.26. The molecule has 88 heavy (non-hydrogen) atoms. The van der Waals surface area contributed by atoms with Crippen LogP contribution in [0, 0.1) is 29.9 Å². The van der Waals surface area contributed by atoms with Gasteiger partial charge in [-0.15, -0.1) is 0 Å². The van der Waals surface area contributed by atoms with E-state index in [2.05, 4.69) is 65.9 Å². The number of nitrogens with one attached hydrogen (secondary N) is 5. The first-order valence-corrected chi connectivity index (χ1v) is 28.8. The fourth-order valence-corrected chi connectivity index (χ4v) is 8.99. The van der Waals surface area contributed by atoms with E-state index < -0.39 is 41.5 Å². The van der Waals surface area contributed by atoms with E-state index >= 15 is 4.39 Å². The molecule has 0 saturated carbocycles. The van der Waals surface area contributed by atoms with Crippen LogP contribution in [-0.2, 0) is 41.4 Å². The van der Waals surface area contributed by atoms with Crippen LogP contribution in [0.4, 0.5) is 20.4 Å². The quantitative estimate of drug-likeness (QED) is 0.00921. The molecule has 6 heterocycles. The Balaban J connectivity index is 0.662. The lowest BCUT2D eigenvalue weighted by Crippen LogP contribution is -2.42. The smallest absolute Gasteiger partial charge is 0.326 e. The third-order valence-electron chi connectivity index (χ3n) is 13.4. The number of aryl methyl sites for hydroxylation is 3. The zero-order valence-electron chi connectivity index (χ0n) is 48.6.